The van der Waals surface area contributed by atoms with Crippen LogP contribution in [0.2, 0.25) is 5.02 Å². The summed E-state index contributed by atoms with van der Waals surface area (Å²) in [5.74, 6) is 0. The van der Waals surface area contributed by atoms with Gasteiger partial charge in [-0.25, -0.2) is 0 Å². The molecule has 1 N–H and O–H groups in total. The lowest BCUT2D eigenvalue weighted by Gasteiger charge is -2.07. The number of halogens is 1. The second kappa shape index (κ2) is 4.96. The molecule has 0 bridgehead atoms. The summed E-state index contributed by atoms with van der Waals surface area (Å²) in [4.78, 5) is 5.63. The molecule has 18 heavy (non-hydrogen) atoms. The van der Waals surface area contributed by atoms with Gasteiger partial charge in [0.1, 0.15) is 0 Å². The normalized spacial score (nSPS) is 10.7. The number of benzene rings is 1. The van der Waals surface area contributed by atoms with Crippen LogP contribution in [0.3, 0.4) is 0 Å². The number of para-hydroxylation sites is 1. The number of thiophene rings is 1. The second-order valence-electron chi connectivity index (χ2n) is 3.97. The zero-order valence-corrected chi connectivity index (χ0v) is 11.1. The third-order valence-electron chi connectivity index (χ3n) is 2.71. The Kier molecular flexibility index (Phi) is 3.17. The molecule has 0 aliphatic rings. The summed E-state index contributed by atoms with van der Waals surface area (Å²) in [6.07, 6.45) is 1.82. The molecule has 0 saturated heterocycles. The summed E-state index contributed by atoms with van der Waals surface area (Å²) in [6.45, 7) is 0.771. The van der Waals surface area contributed by atoms with Gasteiger partial charge in [-0.3, -0.25) is 4.98 Å². The standard InChI is InChI=1S/C14H11ClN2S/c15-11-7-12(18-9-11)8-17-13-5-1-3-10-4-2-6-16-14(10)13/h1-7,9,17H,8H2. The molecule has 1 aromatic carbocycles. The molecular formula is C14H11ClN2S. The molecule has 0 aliphatic carbocycles. The van der Waals surface area contributed by atoms with Crippen molar-refractivity contribution >= 4 is 39.5 Å². The van der Waals surface area contributed by atoms with Crippen LogP contribution in [0.1, 0.15) is 4.88 Å². The molecule has 2 heterocycles. The molecule has 0 spiro atoms. The maximum absolute atomic E-state index is 5.91. The van der Waals surface area contributed by atoms with Crippen LogP contribution in [0.5, 0.6) is 0 Å². The van der Waals surface area contributed by atoms with E-state index in [9.17, 15) is 0 Å². The lowest BCUT2D eigenvalue weighted by Crippen LogP contribution is -1.98. The minimum absolute atomic E-state index is 0.771. The fourth-order valence-corrected chi connectivity index (χ4v) is 2.89. The van der Waals surface area contributed by atoms with Gasteiger partial charge in [0, 0.05) is 28.4 Å². The Morgan fingerprint density at radius 2 is 2.11 bits per heavy atom. The van der Waals surface area contributed by atoms with Gasteiger partial charge in [0.15, 0.2) is 0 Å². The van der Waals surface area contributed by atoms with Crippen LogP contribution >= 0.6 is 22.9 Å². The molecule has 90 valence electrons. The van der Waals surface area contributed by atoms with E-state index in [1.54, 1.807) is 11.3 Å². The van der Waals surface area contributed by atoms with Gasteiger partial charge in [-0.2, -0.15) is 0 Å². The molecule has 3 rings (SSSR count). The molecule has 2 aromatic heterocycles. The first-order valence-electron chi connectivity index (χ1n) is 5.63. The van der Waals surface area contributed by atoms with Crippen molar-refractivity contribution in [2.45, 2.75) is 6.54 Å². The molecule has 0 amide bonds. The van der Waals surface area contributed by atoms with Crippen molar-refractivity contribution in [3.8, 4) is 0 Å². The average molecular weight is 275 g/mol. The van der Waals surface area contributed by atoms with Gasteiger partial charge < -0.3 is 5.32 Å². The van der Waals surface area contributed by atoms with E-state index in [0.717, 1.165) is 28.2 Å². The zero-order chi connectivity index (χ0) is 12.4. The Hall–Kier alpha value is -1.58. The van der Waals surface area contributed by atoms with Crippen molar-refractivity contribution in [3.63, 3.8) is 0 Å². The molecule has 0 unspecified atom stereocenters. The van der Waals surface area contributed by atoms with E-state index < -0.39 is 0 Å². The number of nitrogens with one attached hydrogen (secondary N) is 1. The minimum Gasteiger partial charge on any atom is -0.378 e. The highest BCUT2D eigenvalue weighted by Gasteiger charge is 2.02. The first kappa shape index (κ1) is 11.5. The van der Waals surface area contributed by atoms with Crippen LogP contribution in [0.25, 0.3) is 10.9 Å². The number of hydrogen-bond donors (Lipinski definition) is 1. The fraction of sp³-hybridized carbons (Fsp3) is 0.0714. The van der Waals surface area contributed by atoms with Crippen molar-refractivity contribution in [2.75, 3.05) is 5.32 Å². The highest BCUT2D eigenvalue weighted by molar-refractivity contribution is 7.10. The molecule has 0 atom stereocenters. The van der Waals surface area contributed by atoms with E-state index in [0.29, 0.717) is 0 Å². The first-order valence-corrected chi connectivity index (χ1v) is 6.89. The van der Waals surface area contributed by atoms with Gasteiger partial charge in [0.25, 0.3) is 0 Å². The molecule has 2 nitrogen and oxygen atoms in total. The fourth-order valence-electron chi connectivity index (χ4n) is 1.88. The number of anilines is 1. The van der Waals surface area contributed by atoms with Gasteiger partial charge in [-0.1, -0.05) is 29.8 Å². The van der Waals surface area contributed by atoms with Crippen molar-refractivity contribution in [3.05, 3.63) is 57.9 Å². The highest BCUT2D eigenvalue weighted by Crippen LogP contribution is 2.23. The van der Waals surface area contributed by atoms with Crippen LogP contribution < -0.4 is 5.32 Å². The van der Waals surface area contributed by atoms with E-state index in [4.69, 9.17) is 11.6 Å². The van der Waals surface area contributed by atoms with Gasteiger partial charge in [-0.05, 0) is 18.2 Å². The summed E-state index contributed by atoms with van der Waals surface area (Å²) in [6, 6.07) is 12.1. The minimum atomic E-state index is 0.771. The van der Waals surface area contributed by atoms with Gasteiger partial charge in [-0.15, -0.1) is 11.3 Å². The van der Waals surface area contributed by atoms with E-state index >= 15 is 0 Å². The summed E-state index contributed by atoms with van der Waals surface area (Å²) in [5, 5.41) is 7.29. The Labute approximate surface area is 114 Å². The van der Waals surface area contributed by atoms with Crippen molar-refractivity contribution in [1.29, 1.82) is 0 Å². The highest BCUT2D eigenvalue weighted by atomic mass is 35.5. The van der Waals surface area contributed by atoms with Gasteiger partial charge in [0.2, 0.25) is 0 Å². The number of fused-ring (bicyclic) bond motifs is 1. The monoisotopic (exact) mass is 274 g/mol. The Morgan fingerprint density at radius 3 is 2.94 bits per heavy atom. The van der Waals surface area contributed by atoms with Crippen molar-refractivity contribution in [1.82, 2.24) is 4.98 Å². The van der Waals surface area contributed by atoms with Crippen LogP contribution in [-0.2, 0) is 6.54 Å². The average Bonchev–Trinajstić information content (AvgIpc) is 2.82. The maximum atomic E-state index is 5.91. The lowest BCUT2D eigenvalue weighted by atomic mass is 10.2. The third-order valence-corrected chi connectivity index (χ3v) is 3.99. The number of rotatable bonds is 3. The van der Waals surface area contributed by atoms with E-state index in [-0.39, 0.29) is 0 Å². The molecule has 0 radical (unpaired) electrons. The maximum Gasteiger partial charge on any atom is 0.0933 e. The third kappa shape index (κ3) is 2.33. The molecule has 3 aromatic rings. The van der Waals surface area contributed by atoms with Gasteiger partial charge in [0.05, 0.1) is 16.2 Å². The second-order valence-corrected chi connectivity index (χ2v) is 5.40. The lowest BCUT2D eigenvalue weighted by molar-refractivity contribution is 1.19. The predicted octanol–water partition coefficient (Wildman–Crippen LogP) is 4.56. The largest absolute Gasteiger partial charge is 0.378 e. The van der Waals surface area contributed by atoms with Crippen molar-refractivity contribution < 1.29 is 0 Å². The molecule has 0 saturated carbocycles. The molecule has 4 heteroatoms. The number of pyridine rings is 1. The zero-order valence-electron chi connectivity index (χ0n) is 9.56. The smallest absolute Gasteiger partial charge is 0.0933 e. The number of aromatic nitrogens is 1. The van der Waals surface area contributed by atoms with Crippen LogP contribution in [0.15, 0.2) is 48.0 Å². The summed E-state index contributed by atoms with van der Waals surface area (Å²) >= 11 is 7.57. The van der Waals surface area contributed by atoms with Crippen LogP contribution in [0, 0.1) is 0 Å². The van der Waals surface area contributed by atoms with Crippen molar-refractivity contribution in [2.24, 2.45) is 0 Å². The summed E-state index contributed by atoms with van der Waals surface area (Å²) in [5.41, 5.74) is 2.06. The molecule has 0 fully saturated rings. The number of hydrogen-bond acceptors (Lipinski definition) is 3. The van der Waals surface area contributed by atoms with Crippen LogP contribution in [-0.4, -0.2) is 4.98 Å². The summed E-state index contributed by atoms with van der Waals surface area (Å²) < 4.78 is 0. The molecular weight excluding hydrogens is 264 g/mol. The quantitative estimate of drug-likeness (QED) is 0.757. The first-order chi connectivity index (χ1) is 8.83. The number of nitrogens with zero attached hydrogens (tertiary/aromatic N) is 1. The Balaban J connectivity index is 1.86. The predicted molar refractivity (Wildman–Crippen MR) is 78.4 cm³/mol. The summed E-state index contributed by atoms with van der Waals surface area (Å²) in [7, 11) is 0. The Bertz CT molecular complexity index is 673. The van der Waals surface area contributed by atoms with Gasteiger partial charge >= 0.3 is 0 Å². The van der Waals surface area contributed by atoms with Crippen LogP contribution in [0.4, 0.5) is 5.69 Å². The topological polar surface area (TPSA) is 24.9 Å². The van der Waals surface area contributed by atoms with E-state index in [1.807, 2.05) is 35.8 Å². The Morgan fingerprint density at radius 1 is 1.22 bits per heavy atom. The van der Waals surface area contributed by atoms with E-state index in [2.05, 4.69) is 22.4 Å². The van der Waals surface area contributed by atoms with E-state index in [1.165, 1.54) is 4.88 Å². The SMILES string of the molecule is Clc1csc(CNc2cccc3cccnc23)c1. The molecule has 0 aliphatic heterocycles.